The fourth-order valence-corrected chi connectivity index (χ4v) is 3.72. The number of hydrogen-bond donors (Lipinski definition) is 1. The van der Waals surface area contributed by atoms with Gasteiger partial charge in [-0.25, -0.2) is 9.78 Å². The van der Waals surface area contributed by atoms with Gasteiger partial charge in [0.05, 0.1) is 25.1 Å². The van der Waals surface area contributed by atoms with E-state index in [1.807, 2.05) is 10.6 Å². The van der Waals surface area contributed by atoms with Crippen LogP contribution in [-0.4, -0.2) is 48.1 Å². The molecular weight excluding hydrogens is 388 g/mol. The summed E-state index contributed by atoms with van der Waals surface area (Å²) in [6.07, 6.45) is 2.79. The number of pyridine rings is 2. The van der Waals surface area contributed by atoms with Crippen molar-refractivity contribution in [2.75, 3.05) is 27.4 Å². The summed E-state index contributed by atoms with van der Waals surface area (Å²) in [6, 6.07) is 3.20. The second-order valence-electron chi connectivity index (χ2n) is 8.43. The van der Waals surface area contributed by atoms with E-state index in [0.717, 1.165) is 12.0 Å². The summed E-state index contributed by atoms with van der Waals surface area (Å²) in [7, 11) is 3.15. The van der Waals surface area contributed by atoms with Gasteiger partial charge in [-0.05, 0) is 23.5 Å². The number of fused-ring (bicyclic) bond motifs is 3. The van der Waals surface area contributed by atoms with Gasteiger partial charge >= 0.3 is 5.97 Å². The van der Waals surface area contributed by atoms with Crippen LogP contribution in [0.5, 0.6) is 11.6 Å². The van der Waals surface area contributed by atoms with E-state index in [9.17, 15) is 14.7 Å². The Morgan fingerprint density at radius 1 is 1.27 bits per heavy atom. The van der Waals surface area contributed by atoms with E-state index < -0.39 is 11.4 Å². The molecule has 0 radical (unpaired) electrons. The third kappa shape index (κ3) is 4.18. The summed E-state index contributed by atoms with van der Waals surface area (Å²) in [4.78, 5) is 28.6. The molecule has 2 aromatic heterocycles. The molecule has 0 bridgehead atoms. The van der Waals surface area contributed by atoms with E-state index >= 15 is 0 Å². The fraction of sp³-hybridized carbons (Fsp3) is 0.500. The number of ether oxygens (including phenoxy) is 3. The largest absolute Gasteiger partial charge is 0.488 e. The Hall–Kier alpha value is -2.87. The monoisotopic (exact) mass is 416 g/mol. The first-order valence-corrected chi connectivity index (χ1v) is 9.87. The number of hydrogen-bond acceptors (Lipinski definition) is 6. The van der Waals surface area contributed by atoms with E-state index in [1.165, 1.54) is 19.4 Å². The molecule has 3 rings (SSSR count). The molecule has 30 heavy (non-hydrogen) atoms. The van der Waals surface area contributed by atoms with E-state index in [0.29, 0.717) is 42.7 Å². The van der Waals surface area contributed by atoms with Crippen molar-refractivity contribution in [2.45, 2.75) is 39.7 Å². The summed E-state index contributed by atoms with van der Waals surface area (Å²) >= 11 is 0. The Morgan fingerprint density at radius 3 is 2.60 bits per heavy atom. The van der Waals surface area contributed by atoms with E-state index in [4.69, 9.17) is 14.2 Å². The second-order valence-corrected chi connectivity index (χ2v) is 8.43. The molecule has 0 saturated heterocycles. The Morgan fingerprint density at radius 2 is 2.00 bits per heavy atom. The van der Waals surface area contributed by atoms with Crippen molar-refractivity contribution in [2.24, 2.45) is 5.41 Å². The van der Waals surface area contributed by atoms with Gasteiger partial charge in [-0.15, -0.1) is 0 Å². The number of carboxylic acids is 1. The maximum atomic E-state index is 12.4. The normalized spacial score (nSPS) is 15.3. The fourth-order valence-electron chi connectivity index (χ4n) is 3.72. The van der Waals surface area contributed by atoms with Crippen molar-refractivity contribution in [3.8, 4) is 23.0 Å². The molecule has 1 aliphatic rings. The first kappa shape index (κ1) is 21.8. The molecule has 1 atom stereocenters. The Balaban J connectivity index is 2.14. The highest BCUT2D eigenvalue weighted by Crippen LogP contribution is 2.44. The van der Waals surface area contributed by atoms with Crippen molar-refractivity contribution in [1.82, 2.24) is 9.55 Å². The lowest BCUT2D eigenvalue weighted by Crippen LogP contribution is -2.33. The first-order chi connectivity index (χ1) is 14.2. The van der Waals surface area contributed by atoms with Gasteiger partial charge in [-0.3, -0.25) is 4.79 Å². The number of carbonyl (C=O) groups is 1. The van der Waals surface area contributed by atoms with Crippen LogP contribution in [0.3, 0.4) is 0 Å². The van der Waals surface area contributed by atoms with Crippen LogP contribution in [-0.2, 0) is 11.2 Å². The van der Waals surface area contributed by atoms with Crippen LogP contribution in [0.25, 0.3) is 11.4 Å². The Labute approximate surface area is 175 Å². The summed E-state index contributed by atoms with van der Waals surface area (Å²) in [5.41, 5.74) is 1.13. The Kier molecular flexibility index (Phi) is 6.17. The topological polar surface area (TPSA) is 99.9 Å². The van der Waals surface area contributed by atoms with Crippen molar-refractivity contribution < 1.29 is 24.1 Å². The average molecular weight is 416 g/mol. The molecule has 3 heterocycles. The maximum Gasteiger partial charge on any atom is 0.341 e. The van der Waals surface area contributed by atoms with Crippen LogP contribution in [0.1, 0.15) is 49.2 Å². The van der Waals surface area contributed by atoms with E-state index in [2.05, 4.69) is 25.8 Å². The van der Waals surface area contributed by atoms with Gasteiger partial charge in [0.1, 0.15) is 5.56 Å². The lowest BCUT2D eigenvalue weighted by atomic mass is 9.80. The standard InChI is InChI=1S/C22H28N2O6/c1-22(2,3)18-10-13-9-17(30-8-6-7-28-4)20(29-5)23-19(13)15-11-16(25)14(21(26)27)12-24(15)18/h9,11-12,18H,6-8,10H2,1-5H3,(H,26,27)/t18-/m0/s1. The molecule has 0 unspecified atom stereocenters. The third-order valence-electron chi connectivity index (χ3n) is 5.28. The van der Waals surface area contributed by atoms with Gasteiger partial charge in [0, 0.05) is 38.4 Å². The van der Waals surface area contributed by atoms with Crippen LogP contribution < -0.4 is 14.9 Å². The molecule has 1 aliphatic heterocycles. The zero-order valence-corrected chi connectivity index (χ0v) is 18.0. The molecule has 2 aromatic rings. The van der Waals surface area contributed by atoms with Crippen molar-refractivity contribution >= 4 is 5.97 Å². The highest BCUT2D eigenvalue weighted by molar-refractivity contribution is 5.87. The van der Waals surface area contributed by atoms with Crippen molar-refractivity contribution in [3.05, 3.63) is 39.7 Å². The Bertz CT molecular complexity index is 1010. The zero-order chi connectivity index (χ0) is 22.1. The van der Waals surface area contributed by atoms with Crippen LogP contribution in [0.2, 0.25) is 0 Å². The summed E-state index contributed by atoms with van der Waals surface area (Å²) in [5, 5.41) is 9.42. The predicted molar refractivity (Wildman–Crippen MR) is 112 cm³/mol. The smallest absolute Gasteiger partial charge is 0.341 e. The number of carboxylic acid groups (broad SMARTS) is 1. The van der Waals surface area contributed by atoms with Crippen LogP contribution in [0, 0.1) is 5.41 Å². The third-order valence-corrected chi connectivity index (χ3v) is 5.28. The number of methoxy groups -OCH3 is 2. The van der Waals surface area contributed by atoms with Crippen LogP contribution in [0.4, 0.5) is 0 Å². The summed E-state index contributed by atoms with van der Waals surface area (Å²) < 4.78 is 18.2. The molecule has 0 aromatic carbocycles. The average Bonchev–Trinajstić information content (AvgIpc) is 2.68. The number of rotatable bonds is 7. The molecular formula is C22H28N2O6. The highest BCUT2D eigenvalue weighted by atomic mass is 16.5. The van der Waals surface area contributed by atoms with Crippen LogP contribution >= 0.6 is 0 Å². The number of aromatic carboxylic acids is 1. The van der Waals surface area contributed by atoms with Gasteiger partial charge in [-0.1, -0.05) is 20.8 Å². The van der Waals surface area contributed by atoms with Crippen molar-refractivity contribution in [1.29, 1.82) is 0 Å². The van der Waals surface area contributed by atoms with E-state index in [-0.39, 0.29) is 17.0 Å². The minimum absolute atomic E-state index is 0.0600. The quantitative estimate of drug-likeness (QED) is 0.692. The minimum atomic E-state index is -1.24. The molecule has 1 N–H and O–H groups in total. The molecule has 0 aliphatic carbocycles. The minimum Gasteiger partial charge on any atom is -0.488 e. The number of aromatic nitrogens is 2. The maximum absolute atomic E-state index is 12.4. The molecule has 0 spiro atoms. The summed E-state index contributed by atoms with van der Waals surface area (Å²) in [5.74, 6) is -0.376. The first-order valence-electron chi connectivity index (χ1n) is 9.87. The van der Waals surface area contributed by atoms with Crippen molar-refractivity contribution in [3.63, 3.8) is 0 Å². The van der Waals surface area contributed by atoms with Gasteiger partial charge in [0.2, 0.25) is 0 Å². The molecule has 162 valence electrons. The highest BCUT2D eigenvalue weighted by Gasteiger charge is 2.35. The lowest BCUT2D eigenvalue weighted by Gasteiger charge is -2.38. The SMILES string of the molecule is COCCCOc1cc2c(nc1OC)-c1cc(=O)c(C(=O)O)cn1[C@H](C(C)(C)C)C2. The van der Waals surface area contributed by atoms with Crippen LogP contribution in [0.15, 0.2) is 23.1 Å². The predicted octanol–water partition coefficient (Wildman–Crippen LogP) is 3.18. The lowest BCUT2D eigenvalue weighted by molar-refractivity contribution is 0.0693. The zero-order valence-electron chi connectivity index (χ0n) is 18.0. The van der Waals surface area contributed by atoms with Gasteiger partial charge < -0.3 is 23.9 Å². The molecule has 8 heteroatoms. The number of nitrogens with zero attached hydrogens (tertiary/aromatic N) is 2. The van der Waals surface area contributed by atoms with Gasteiger partial charge in [-0.2, -0.15) is 0 Å². The summed E-state index contributed by atoms with van der Waals surface area (Å²) in [6.45, 7) is 7.32. The second kappa shape index (κ2) is 8.47. The molecule has 0 saturated carbocycles. The molecule has 8 nitrogen and oxygen atoms in total. The molecule has 0 fully saturated rings. The van der Waals surface area contributed by atoms with Gasteiger partial charge in [0.25, 0.3) is 5.88 Å². The van der Waals surface area contributed by atoms with Gasteiger partial charge in [0.15, 0.2) is 11.2 Å². The molecule has 0 amide bonds. The van der Waals surface area contributed by atoms with E-state index in [1.54, 1.807) is 7.11 Å².